The predicted octanol–water partition coefficient (Wildman–Crippen LogP) is 2.18. The van der Waals surface area contributed by atoms with Gasteiger partial charge in [-0.05, 0) is 37.3 Å². The van der Waals surface area contributed by atoms with E-state index >= 15 is 0 Å². The van der Waals surface area contributed by atoms with Crippen molar-refractivity contribution in [2.75, 3.05) is 26.8 Å². The number of aliphatic hydroxyl groups excluding tert-OH is 1. The second-order valence-corrected chi connectivity index (χ2v) is 5.70. The zero-order valence-corrected chi connectivity index (χ0v) is 12.2. The lowest BCUT2D eigenvalue weighted by Crippen LogP contribution is -2.36. The third-order valence-electron chi connectivity index (χ3n) is 4.14. The van der Waals surface area contributed by atoms with Crippen molar-refractivity contribution in [1.82, 2.24) is 4.90 Å². The molecule has 3 heteroatoms. The van der Waals surface area contributed by atoms with E-state index in [0.717, 1.165) is 6.54 Å². The average molecular weight is 263 g/mol. The topological polar surface area (TPSA) is 32.7 Å². The molecule has 19 heavy (non-hydrogen) atoms. The summed E-state index contributed by atoms with van der Waals surface area (Å²) in [6, 6.07) is 9.16. The third kappa shape index (κ3) is 3.56. The van der Waals surface area contributed by atoms with E-state index in [1.807, 2.05) is 0 Å². The van der Waals surface area contributed by atoms with E-state index < -0.39 is 0 Å². The van der Waals surface area contributed by atoms with E-state index in [0.29, 0.717) is 25.1 Å². The summed E-state index contributed by atoms with van der Waals surface area (Å²) in [6.45, 7) is 6.59. The smallest absolute Gasteiger partial charge is 0.0900 e. The number of aliphatic hydroxyl groups is 1. The Morgan fingerprint density at radius 2 is 2.16 bits per heavy atom. The lowest BCUT2D eigenvalue weighted by Gasteiger charge is -2.23. The summed E-state index contributed by atoms with van der Waals surface area (Å²) in [6.07, 6.45) is 0.785. The van der Waals surface area contributed by atoms with Crippen LogP contribution in [0.1, 0.15) is 30.4 Å². The van der Waals surface area contributed by atoms with Crippen LogP contribution in [0.15, 0.2) is 24.3 Å². The van der Waals surface area contributed by atoms with E-state index in [1.54, 1.807) is 7.11 Å². The fraction of sp³-hybridized carbons (Fsp3) is 0.625. The second-order valence-electron chi connectivity index (χ2n) is 5.70. The van der Waals surface area contributed by atoms with Crippen LogP contribution in [0.2, 0.25) is 0 Å². The summed E-state index contributed by atoms with van der Waals surface area (Å²) in [7, 11) is 1.63. The molecule has 1 aliphatic rings. The van der Waals surface area contributed by atoms with Gasteiger partial charge in [0, 0.05) is 26.2 Å². The largest absolute Gasteiger partial charge is 0.389 e. The number of rotatable bonds is 5. The average Bonchev–Trinajstić information content (AvgIpc) is 2.71. The molecule has 3 nitrogen and oxygen atoms in total. The highest BCUT2D eigenvalue weighted by Gasteiger charge is 2.31. The summed E-state index contributed by atoms with van der Waals surface area (Å²) >= 11 is 0. The van der Waals surface area contributed by atoms with E-state index in [2.05, 4.69) is 43.0 Å². The molecule has 106 valence electrons. The van der Waals surface area contributed by atoms with E-state index in [1.165, 1.54) is 17.5 Å². The van der Waals surface area contributed by atoms with Gasteiger partial charge in [0.1, 0.15) is 0 Å². The van der Waals surface area contributed by atoms with Crippen molar-refractivity contribution in [3.05, 3.63) is 35.4 Å². The van der Waals surface area contributed by atoms with Crippen LogP contribution in [0.25, 0.3) is 0 Å². The Morgan fingerprint density at radius 1 is 1.42 bits per heavy atom. The summed E-state index contributed by atoms with van der Waals surface area (Å²) in [5.41, 5.74) is 2.83. The summed E-state index contributed by atoms with van der Waals surface area (Å²) < 4.78 is 5.00. The monoisotopic (exact) mass is 263 g/mol. The Kier molecular flexibility index (Phi) is 4.97. The van der Waals surface area contributed by atoms with Crippen molar-refractivity contribution < 1.29 is 9.84 Å². The molecule has 0 radical (unpaired) electrons. The van der Waals surface area contributed by atoms with Crippen LogP contribution < -0.4 is 0 Å². The molecule has 1 aromatic carbocycles. The van der Waals surface area contributed by atoms with E-state index in [9.17, 15) is 5.11 Å². The SMILES string of the molecule is COC[C@H](O)CN1C[C@@H](c2ccccc2C)C[C@H]1C. The summed E-state index contributed by atoms with van der Waals surface area (Å²) in [5, 5.41) is 9.87. The Bertz CT molecular complexity index is 407. The van der Waals surface area contributed by atoms with Gasteiger partial charge in [0.2, 0.25) is 0 Å². The van der Waals surface area contributed by atoms with Gasteiger partial charge in [0.05, 0.1) is 12.7 Å². The Hall–Kier alpha value is -0.900. The minimum Gasteiger partial charge on any atom is -0.389 e. The zero-order chi connectivity index (χ0) is 13.8. The lowest BCUT2D eigenvalue weighted by atomic mass is 9.93. The number of hydrogen-bond acceptors (Lipinski definition) is 3. The molecule has 0 amide bonds. The van der Waals surface area contributed by atoms with Crippen LogP contribution in [0.5, 0.6) is 0 Å². The predicted molar refractivity (Wildman–Crippen MR) is 77.5 cm³/mol. The van der Waals surface area contributed by atoms with Crippen molar-refractivity contribution in [2.24, 2.45) is 0 Å². The zero-order valence-electron chi connectivity index (χ0n) is 12.2. The maximum absolute atomic E-state index is 9.87. The number of benzene rings is 1. The Morgan fingerprint density at radius 3 is 2.84 bits per heavy atom. The van der Waals surface area contributed by atoms with Crippen LogP contribution in [-0.4, -0.2) is 49.0 Å². The molecule has 0 aliphatic carbocycles. The van der Waals surface area contributed by atoms with Crippen molar-refractivity contribution >= 4 is 0 Å². The molecule has 1 fully saturated rings. The first kappa shape index (κ1) is 14.5. The highest BCUT2D eigenvalue weighted by Crippen LogP contribution is 2.33. The molecule has 1 heterocycles. The van der Waals surface area contributed by atoms with E-state index in [4.69, 9.17) is 4.74 Å². The number of nitrogens with zero attached hydrogens (tertiary/aromatic N) is 1. The number of hydrogen-bond donors (Lipinski definition) is 1. The first-order valence-electron chi connectivity index (χ1n) is 7.08. The molecule has 3 atom stereocenters. The molecule has 0 saturated carbocycles. The maximum Gasteiger partial charge on any atom is 0.0900 e. The summed E-state index contributed by atoms with van der Waals surface area (Å²) in [4.78, 5) is 2.38. The van der Waals surface area contributed by atoms with Gasteiger partial charge in [0.15, 0.2) is 0 Å². The molecule has 0 bridgehead atoms. The molecular formula is C16H25NO2. The number of likely N-dealkylation sites (tertiary alicyclic amines) is 1. The Balaban J connectivity index is 1.99. The van der Waals surface area contributed by atoms with Gasteiger partial charge in [-0.25, -0.2) is 0 Å². The second kappa shape index (κ2) is 6.51. The molecule has 1 aromatic rings. The standard InChI is InChI=1S/C16H25NO2/c1-12-6-4-5-7-16(12)14-8-13(2)17(9-14)10-15(18)11-19-3/h4-7,13-15,18H,8-11H2,1-3H3/t13-,14+,15-/m1/s1. The quantitative estimate of drug-likeness (QED) is 0.884. The fourth-order valence-corrected chi connectivity index (χ4v) is 3.14. The fourth-order valence-electron chi connectivity index (χ4n) is 3.14. The van der Waals surface area contributed by atoms with Crippen molar-refractivity contribution in [1.29, 1.82) is 0 Å². The van der Waals surface area contributed by atoms with Crippen molar-refractivity contribution in [3.63, 3.8) is 0 Å². The lowest BCUT2D eigenvalue weighted by molar-refractivity contribution is 0.0360. The minimum absolute atomic E-state index is 0.386. The van der Waals surface area contributed by atoms with Gasteiger partial charge in [0.25, 0.3) is 0 Å². The minimum atomic E-state index is -0.386. The van der Waals surface area contributed by atoms with Gasteiger partial charge in [-0.2, -0.15) is 0 Å². The van der Waals surface area contributed by atoms with Gasteiger partial charge < -0.3 is 9.84 Å². The molecule has 1 N–H and O–H groups in total. The van der Waals surface area contributed by atoms with Crippen LogP contribution in [0.4, 0.5) is 0 Å². The molecule has 0 unspecified atom stereocenters. The number of β-amino-alcohol motifs (C(OH)–C–C–N with tert-alkyl or cyclic N) is 1. The van der Waals surface area contributed by atoms with Crippen molar-refractivity contribution in [3.8, 4) is 0 Å². The molecular weight excluding hydrogens is 238 g/mol. The van der Waals surface area contributed by atoms with Crippen LogP contribution in [0, 0.1) is 6.92 Å². The van der Waals surface area contributed by atoms with Gasteiger partial charge in [-0.15, -0.1) is 0 Å². The van der Waals surface area contributed by atoms with Crippen LogP contribution >= 0.6 is 0 Å². The molecule has 0 aromatic heterocycles. The van der Waals surface area contributed by atoms with Crippen molar-refractivity contribution in [2.45, 2.75) is 38.3 Å². The molecule has 1 saturated heterocycles. The Labute approximate surface area is 116 Å². The maximum atomic E-state index is 9.87. The first-order chi connectivity index (χ1) is 9.11. The highest BCUT2D eigenvalue weighted by molar-refractivity contribution is 5.30. The normalized spacial score (nSPS) is 25.7. The highest BCUT2D eigenvalue weighted by atomic mass is 16.5. The number of ether oxygens (including phenoxy) is 1. The molecule has 2 rings (SSSR count). The number of aryl methyl sites for hydroxylation is 1. The van der Waals surface area contributed by atoms with Crippen LogP contribution in [0.3, 0.4) is 0 Å². The van der Waals surface area contributed by atoms with E-state index in [-0.39, 0.29) is 6.10 Å². The van der Waals surface area contributed by atoms with Gasteiger partial charge >= 0.3 is 0 Å². The molecule has 0 spiro atoms. The summed E-state index contributed by atoms with van der Waals surface area (Å²) in [5.74, 6) is 0.589. The van der Waals surface area contributed by atoms with Gasteiger partial charge in [-0.3, -0.25) is 4.90 Å². The molecule has 1 aliphatic heterocycles. The van der Waals surface area contributed by atoms with Gasteiger partial charge in [-0.1, -0.05) is 24.3 Å². The third-order valence-corrected chi connectivity index (χ3v) is 4.14. The van der Waals surface area contributed by atoms with Crippen LogP contribution in [-0.2, 0) is 4.74 Å². The number of methoxy groups -OCH3 is 1. The first-order valence-corrected chi connectivity index (χ1v) is 7.08.